The monoisotopic (exact) mass is 414 g/mol. The highest BCUT2D eigenvalue weighted by atomic mass is 15.4. The topological polar surface area (TPSA) is 56.7 Å². The molecule has 0 aliphatic carbocycles. The molecule has 0 unspecified atom stereocenters. The molecule has 2 aliphatic heterocycles. The van der Waals surface area contributed by atoms with Crippen LogP contribution in [0.4, 0.5) is 11.5 Å². The van der Waals surface area contributed by atoms with E-state index in [2.05, 4.69) is 63.4 Å². The van der Waals surface area contributed by atoms with E-state index in [-0.39, 0.29) is 0 Å². The highest BCUT2D eigenvalue weighted by molar-refractivity contribution is 5.77. The summed E-state index contributed by atoms with van der Waals surface area (Å²) in [6.07, 6.45) is 7.16. The summed E-state index contributed by atoms with van der Waals surface area (Å²) in [5.41, 5.74) is 6.14. The van der Waals surface area contributed by atoms with Crippen LogP contribution in [0, 0.1) is 6.92 Å². The van der Waals surface area contributed by atoms with Crippen molar-refractivity contribution >= 4 is 17.7 Å². The van der Waals surface area contributed by atoms with E-state index in [1.807, 2.05) is 26.1 Å². The Morgan fingerprint density at radius 2 is 2.19 bits per heavy atom. The second-order valence-electron chi connectivity index (χ2n) is 7.99. The lowest BCUT2D eigenvalue weighted by atomic mass is 10.1. The Balaban J connectivity index is 1.70. The first-order chi connectivity index (χ1) is 15.0. The van der Waals surface area contributed by atoms with E-state index in [1.54, 1.807) is 12.3 Å². The largest absolute Gasteiger partial charge is 0.366 e. The Labute approximate surface area is 184 Å². The number of aromatic nitrogens is 2. The number of fused-ring (bicyclic) bond motifs is 4. The smallest absolute Gasteiger partial charge is 0.158 e. The minimum absolute atomic E-state index is 0.351. The van der Waals surface area contributed by atoms with Gasteiger partial charge in [0.1, 0.15) is 5.82 Å². The molecule has 2 bridgehead atoms. The van der Waals surface area contributed by atoms with E-state index in [0.717, 1.165) is 71.6 Å². The molecule has 0 saturated carbocycles. The maximum absolute atomic E-state index is 5.09. The zero-order valence-electron chi connectivity index (χ0n) is 18.6. The summed E-state index contributed by atoms with van der Waals surface area (Å²) in [7, 11) is 0. The number of rotatable bonds is 7. The van der Waals surface area contributed by atoms with Gasteiger partial charge in [-0.05, 0) is 51.0 Å². The highest BCUT2D eigenvalue weighted by Crippen LogP contribution is 2.41. The Hall–Kier alpha value is -3.41. The Morgan fingerprint density at radius 3 is 2.94 bits per heavy atom. The molecule has 0 radical (unpaired) electrons. The number of anilines is 2. The molecule has 0 amide bonds. The fourth-order valence-electron chi connectivity index (χ4n) is 4.37. The second-order valence-corrected chi connectivity index (χ2v) is 7.99. The SMILES string of the molecule is C=C/C=N\C(CC)=C(/C)NC(=C)N1c2nc(-c3ccnc(C)c3)ccc2N2CC[C@H]1C2. The molecule has 160 valence electrons. The summed E-state index contributed by atoms with van der Waals surface area (Å²) in [6.45, 7) is 16.3. The lowest BCUT2D eigenvalue weighted by Gasteiger charge is -2.38. The van der Waals surface area contributed by atoms with Crippen molar-refractivity contribution in [2.75, 3.05) is 22.9 Å². The average molecular weight is 415 g/mol. The van der Waals surface area contributed by atoms with Crippen LogP contribution in [0.2, 0.25) is 0 Å². The van der Waals surface area contributed by atoms with Crippen molar-refractivity contribution in [3.8, 4) is 11.3 Å². The number of hydrogen-bond donors (Lipinski definition) is 1. The molecular formula is C25H30N6. The van der Waals surface area contributed by atoms with Crippen molar-refractivity contribution in [2.24, 2.45) is 4.99 Å². The predicted molar refractivity (Wildman–Crippen MR) is 129 cm³/mol. The summed E-state index contributed by atoms with van der Waals surface area (Å²) in [5.74, 6) is 1.79. The van der Waals surface area contributed by atoms with Crippen LogP contribution in [0.1, 0.15) is 32.4 Å². The van der Waals surface area contributed by atoms with E-state index in [0.29, 0.717) is 6.04 Å². The van der Waals surface area contributed by atoms with Gasteiger partial charge >= 0.3 is 0 Å². The first-order valence-electron chi connectivity index (χ1n) is 10.8. The van der Waals surface area contributed by atoms with E-state index in [9.17, 15) is 0 Å². The normalized spacial score (nSPS) is 18.1. The zero-order valence-corrected chi connectivity index (χ0v) is 18.6. The molecule has 0 spiro atoms. The molecule has 6 heteroatoms. The maximum Gasteiger partial charge on any atom is 0.158 e. The predicted octanol–water partition coefficient (Wildman–Crippen LogP) is 4.81. The van der Waals surface area contributed by atoms with Gasteiger partial charge in [0.2, 0.25) is 0 Å². The highest BCUT2D eigenvalue weighted by Gasteiger charge is 2.38. The summed E-state index contributed by atoms with van der Waals surface area (Å²) in [5, 5.41) is 3.50. The molecule has 2 aliphatic rings. The standard InChI is InChI=1S/C25H30N6/c1-6-12-27-22(7-2)18(4)28-19(5)31-21-11-14-30(16-21)24-9-8-23(29-25(24)31)20-10-13-26-17(3)15-20/h6,8-10,12-13,15,21,28H,1,5,7,11,14,16H2,2-4H3/b22-18+,27-12-/t21-/m0/s1. The molecule has 0 aromatic carbocycles. The van der Waals surface area contributed by atoms with Crippen molar-refractivity contribution < 1.29 is 0 Å². The molecule has 4 rings (SSSR count). The van der Waals surface area contributed by atoms with Crippen molar-refractivity contribution in [3.05, 3.63) is 72.6 Å². The van der Waals surface area contributed by atoms with Crippen LogP contribution in [0.15, 0.2) is 71.9 Å². The van der Waals surface area contributed by atoms with Gasteiger partial charge in [0.25, 0.3) is 0 Å². The minimum Gasteiger partial charge on any atom is -0.366 e. The summed E-state index contributed by atoms with van der Waals surface area (Å²) < 4.78 is 0. The van der Waals surface area contributed by atoms with Crippen molar-refractivity contribution in [1.82, 2.24) is 15.3 Å². The summed E-state index contributed by atoms with van der Waals surface area (Å²) >= 11 is 0. The quantitative estimate of drug-likeness (QED) is 0.659. The fourth-order valence-corrected chi connectivity index (χ4v) is 4.37. The van der Waals surface area contributed by atoms with Crippen LogP contribution in [0.25, 0.3) is 11.3 Å². The van der Waals surface area contributed by atoms with E-state index in [4.69, 9.17) is 4.98 Å². The van der Waals surface area contributed by atoms with Crippen LogP contribution in [-0.4, -0.2) is 35.3 Å². The number of nitrogens with one attached hydrogen (secondary N) is 1. The zero-order chi connectivity index (χ0) is 22.0. The molecule has 1 saturated heterocycles. The molecule has 2 aromatic rings. The van der Waals surface area contributed by atoms with Gasteiger partial charge in [-0.25, -0.2) is 4.98 Å². The van der Waals surface area contributed by atoms with Crippen LogP contribution < -0.4 is 15.1 Å². The number of aliphatic imine (C=N–C) groups is 1. The molecule has 31 heavy (non-hydrogen) atoms. The van der Waals surface area contributed by atoms with Gasteiger partial charge in [0.05, 0.1) is 23.1 Å². The Kier molecular flexibility index (Phi) is 5.89. The third-order valence-electron chi connectivity index (χ3n) is 5.87. The third-order valence-corrected chi connectivity index (χ3v) is 5.87. The lowest BCUT2D eigenvalue weighted by Crippen LogP contribution is -2.45. The van der Waals surface area contributed by atoms with Crippen LogP contribution in [0.3, 0.4) is 0 Å². The van der Waals surface area contributed by atoms with Crippen LogP contribution in [0.5, 0.6) is 0 Å². The number of aryl methyl sites for hydroxylation is 1. The van der Waals surface area contributed by atoms with Crippen LogP contribution >= 0.6 is 0 Å². The van der Waals surface area contributed by atoms with Crippen molar-refractivity contribution in [2.45, 2.75) is 39.7 Å². The Morgan fingerprint density at radius 1 is 1.35 bits per heavy atom. The molecule has 1 atom stereocenters. The lowest BCUT2D eigenvalue weighted by molar-refractivity contribution is 0.648. The molecule has 2 aromatic heterocycles. The number of pyridine rings is 2. The van der Waals surface area contributed by atoms with Gasteiger partial charge in [-0.1, -0.05) is 26.2 Å². The summed E-state index contributed by atoms with van der Waals surface area (Å²) in [4.78, 5) is 18.6. The molecular weight excluding hydrogens is 384 g/mol. The van der Waals surface area contributed by atoms with Gasteiger partial charge in [-0.15, -0.1) is 0 Å². The van der Waals surface area contributed by atoms with E-state index in [1.165, 1.54) is 0 Å². The molecule has 1 fully saturated rings. The Bertz CT molecular complexity index is 1070. The minimum atomic E-state index is 0.351. The van der Waals surface area contributed by atoms with Gasteiger partial charge in [0, 0.05) is 42.5 Å². The molecule has 4 heterocycles. The van der Waals surface area contributed by atoms with Gasteiger partial charge in [0.15, 0.2) is 5.82 Å². The summed E-state index contributed by atoms with van der Waals surface area (Å²) in [6, 6.07) is 8.72. The van der Waals surface area contributed by atoms with Crippen molar-refractivity contribution in [3.63, 3.8) is 0 Å². The second kappa shape index (κ2) is 8.76. The third kappa shape index (κ3) is 4.10. The fraction of sp³-hybridized carbons (Fsp3) is 0.320. The van der Waals surface area contributed by atoms with Crippen molar-refractivity contribution in [1.29, 1.82) is 0 Å². The van der Waals surface area contributed by atoms with E-state index >= 15 is 0 Å². The number of allylic oxidation sites excluding steroid dienone is 3. The maximum atomic E-state index is 5.09. The van der Waals surface area contributed by atoms with Gasteiger partial charge < -0.3 is 15.1 Å². The molecule has 6 nitrogen and oxygen atoms in total. The number of hydrogen-bond acceptors (Lipinski definition) is 6. The van der Waals surface area contributed by atoms with E-state index < -0.39 is 0 Å². The first kappa shape index (κ1) is 20.8. The molecule has 1 N–H and O–H groups in total. The van der Waals surface area contributed by atoms with Crippen LogP contribution in [-0.2, 0) is 0 Å². The average Bonchev–Trinajstić information content (AvgIpc) is 3.18. The number of nitrogens with zero attached hydrogens (tertiary/aromatic N) is 5. The van der Waals surface area contributed by atoms with Gasteiger partial charge in [-0.3, -0.25) is 9.98 Å². The first-order valence-corrected chi connectivity index (χ1v) is 10.8. The van der Waals surface area contributed by atoms with Gasteiger partial charge in [-0.2, -0.15) is 0 Å².